The van der Waals surface area contributed by atoms with Crippen LogP contribution in [0.25, 0.3) is 88.1 Å². The molecule has 0 N–H and O–H groups in total. The van der Waals surface area contributed by atoms with Crippen molar-refractivity contribution in [2.45, 2.75) is 0 Å². The molecule has 0 unspecified atom stereocenters. The summed E-state index contributed by atoms with van der Waals surface area (Å²) in [5.41, 5.74) is 11.0. The molecule has 5 heteroatoms. The molecule has 3 heterocycles. The van der Waals surface area contributed by atoms with Gasteiger partial charge in [0, 0.05) is 38.1 Å². The van der Waals surface area contributed by atoms with Crippen LogP contribution in [0.4, 0.5) is 0 Å². The SMILES string of the molecule is N#Cc1ccc2c(c1)c1ccccc1n2-c1ccccc1-c1ccccc1-n1c2ccccc2c2c3oc4c(C#N)cccc4c3ccc21. The first-order chi connectivity index (χ1) is 24.2. The van der Waals surface area contributed by atoms with Gasteiger partial charge in [0.1, 0.15) is 11.7 Å². The number of aromatic nitrogens is 2. The Balaban J connectivity index is 1.28. The van der Waals surface area contributed by atoms with Crippen molar-refractivity contribution < 1.29 is 4.42 Å². The van der Waals surface area contributed by atoms with Crippen molar-refractivity contribution in [1.82, 2.24) is 9.13 Å². The summed E-state index contributed by atoms with van der Waals surface area (Å²) in [6.45, 7) is 0. The third kappa shape index (κ3) is 3.73. The molecule has 0 atom stereocenters. The van der Waals surface area contributed by atoms with Gasteiger partial charge in [-0.3, -0.25) is 0 Å². The van der Waals surface area contributed by atoms with Gasteiger partial charge in [-0.25, -0.2) is 0 Å². The topological polar surface area (TPSA) is 70.6 Å². The summed E-state index contributed by atoms with van der Waals surface area (Å²) < 4.78 is 11.2. The lowest BCUT2D eigenvalue weighted by Gasteiger charge is -2.18. The van der Waals surface area contributed by atoms with E-state index in [1.54, 1.807) is 6.07 Å². The molecule has 3 aromatic heterocycles. The normalized spacial score (nSPS) is 11.6. The maximum atomic E-state index is 9.84. The average molecular weight is 625 g/mol. The van der Waals surface area contributed by atoms with Crippen LogP contribution in [0.2, 0.25) is 0 Å². The van der Waals surface area contributed by atoms with E-state index >= 15 is 0 Å². The summed E-state index contributed by atoms with van der Waals surface area (Å²) in [5.74, 6) is 0. The van der Waals surface area contributed by atoms with E-state index in [-0.39, 0.29) is 0 Å². The summed E-state index contributed by atoms with van der Waals surface area (Å²) in [6.07, 6.45) is 0. The number of rotatable bonds is 3. The van der Waals surface area contributed by atoms with Gasteiger partial charge in [-0.2, -0.15) is 10.5 Å². The highest BCUT2D eigenvalue weighted by atomic mass is 16.3. The Morgan fingerprint density at radius 2 is 1.00 bits per heavy atom. The Kier molecular flexibility index (Phi) is 5.64. The van der Waals surface area contributed by atoms with Crippen LogP contribution in [0.5, 0.6) is 0 Å². The standard InChI is InChI=1S/C44H24N4O/c45-25-27-20-22-40-35(24-27)31-13-3-7-18-38(31)47(40)36-16-5-1-11-29(36)30-12-2-6-17-37(30)48-39-19-8-4-14-34(39)42-41(48)23-21-33-32-15-9-10-28(26-46)43(32)49-44(33)42/h1-24H. The zero-order valence-electron chi connectivity index (χ0n) is 26.1. The van der Waals surface area contributed by atoms with Crippen LogP contribution < -0.4 is 0 Å². The summed E-state index contributed by atoms with van der Waals surface area (Å²) >= 11 is 0. The first-order valence-corrected chi connectivity index (χ1v) is 16.1. The van der Waals surface area contributed by atoms with Gasteiger partial charge in [0.2, 0.25) is 0 Å². The predicted molar refractivity (Wildman–Crippen MR) is 197 cm³/mol. The predicted octanol–water partition coefficient (Wildman–Crippen LogP) is 11.2. The summed E-state index contributed by atoms with van der Waals surface area (Å²) in [4.78, 5) is 0. The molecule has 0 saturated carbocycles. The van der Waals surface area contributed by atoms with Gasteiger partial charge in [0.15, 0.2) is 5.58 Å². The molecule has 0 amide bonds. The Morgan fingerprint density at radius 1 is 0.429 bits per heavy atom. The van der Waals surface area contributed by atoms with Crippen LogP contribution in [0.3, 0.4) is 0 Å². The van der Waals surface area contributed by atoms with E-state index in [1.165, 1.54) is 0 Å². The zero-order chi connectivity index (χ0) is 32.6. The van der Waals surface area contributed by atoms with Gasteiger partial charge in [0.05, 0.1) is 56.0 Å². The lowest BCUT2D eigenvalue weighted by molar-refractivity contribution is 0.671. The van der Waals surface area contributed by atoms with E-state index in [4.69, 9.17) is 4.42 Å². The monoisotopic (exact) mass is 624 g/mol. The molecule has 5 nitrogen and oxygen atoms in total. The van der Waals surface area contributed by atoms with Crippen molar-refractivity contribution in [3.8, 4) is 34.6 Å². The van der Waals surface area contributed by atoms with Crippen LogP contribution in [0.15, 0.2) is 150 Å². The van der Waals surface area contributed by atoms with E-state index in [1.807, 2.05) is 24.3 Å². The van der Waals surface area contributed by atoms with Crippen molar-refractivity contribution in [3.63, 3.8) is 0 Å². The van der Waals surface area contributed by atoms with Crippen LogP contribution in [-0.2, 0) is 0 Å². The second-order valence-electron chi connectivity index (χ2n) is 12.3. The van der Waals surface area contributed by atoms with E-state index in [0.717, 1.165) is 82.5 Å². The molecule has 226 valence electrons. The molecule has 0 aliphatic heterocycles. The highest BCUT2D eigenvalue weighted by molar-refractivity contribution is 6.24. The number of para-hydroxylation sites is 5. The molecule has 0 fully saturated rings. The minimum atomic E-state index is 0.529. The quantitative estimate of drug-likeness (QED) is 0.196. The Labute approximate surface area is 280 Å². The van der Waals surface area contributed by atoms with Gasteiger partial charge in [-0.15, -0.1) is 0 Å². The van der Waals surface area contributed by atoms with E-state index in [9.17, 15) is 10.5 Å². The van der Waals surface area contributed by atoms with Gasteiger partial charge >= 0.3 is 0 Å². The summed E-state index contributed by atoms with van der Waals surface area (Å²) in [6, 6.07) is 54.5. The van der Waals surface area contributed by atoms with Crippen molar-refractivity contribution in [3.05, 3.63) is 157 Å². The van der Waals surface area contributed by atoms with Gasteiger partial charge < -0.3 is 13.6 Å². The number of furan rings is 1. The fourth-order valence-corrected chi connectivity index (χ4v) is 7.75. The third-order valence-corrected chi connectivity index (χ3v) is 9.80. The molecule has 0 bridgehead atoms. The highest BCUT2D eigenvalue weighted by Crippen LogP contribution is 2.44. The molecule has 10 aromatic rings. The van der Waals surface area contributed by atoms with Crippen LogP contribution in [-0.4, -0.2) is 9.13 Å². The minimum absolute atomic E-state index is 0.529. The maximum Gasteiger partial charge on any atom is 0.153 e. The molecule has 7 aromatic carbocycles. The second kappa shape index (κ2) is 10.2. The fraction of sp³-hybridized carbons (Fsp3) is 0. The number of nitriles is 2. The minimum Gasteiger partial charge on any atom is -0.454 e. The molecule has 0 aliphatic carbocycles. The lowest BCUT2D eigenvalue weighted by atomic mass is 10.0. The van der Waals surface area contributed by atoms with Crippen molar-refractivity contribution >= 4 is 65.6 Å². The average Bonchev–Trinajstić information content (AvgIpc) is 3.82. The molecule has 0 spiro atoms. The van der Waals surface area contributed by atoms with Gasteiger partial charge in [-0.05, 0) is 60.7 Å². The van der Waals surface area contributed by atoms with E-state index in [0.29, 0.717) is 16.7 Å². The van der Waals surface area contributed by atoms with Gasteiger partial charge in [0.25, 0.3) is 0 Å². The highest BCUT2D eigenvalue weighted by Gasteiger charge is 2.22. The molecule has 0 aliphatic rings. The van der Waals surface area contributed by atoms with Crippen molar-refractivity contribution in [2.24, 2.45) is 0 Å². The Hall–Kier alpha value is -7.08. The number of hydrogen-bond acceptors (Lipinski definition) is 3. The molecular formula is C44H24N4O. The lowest BCUT2D eigenvalue weighted by Crippen LogP contribution is -2.01. The van der Waals surface area contributed by atoms with E-state index < -0.39 is 0 Å². The summed E-state index contributed by atoms with van der Waals surface area (Å²) in [7, 11) is 0. The maximum absolute atomic E-state index is 9.84. The number of hydrogen-bond donors (Lipinski definition) is 0. The van der Waals surface area contributed by atoms with E-state index in [2.05, 4.69) is 137 Å². The molecule has 49 heavy (non-hydrogen) atoms. The smallest absolute Gasteiger partial charge is 0.153 e. The molecule has 0 saturated heterocycles. The molecule has 0 radical (unpaired) electrons. The largest absolute Gasteiger partial charge is 0.454 e. The third-order valence-electron chi connectivity index (χ3n) is 9.80. The van der Waals surface area contributed by atoms with Crippen LogP contribution in [0.1, 0.15) is 11.1 Å². The van der Waals surface area contributed by atoms with Crippen molar-refractivity contribution in [2.75, 3.05) is 0 Å². The fourth-order valence-electron chi connectivity index (χ4n) is 7.75. The zero-order valence-corrected chi connectivity index (χ0v) is 26.1. The number of fused-ring (bicyclic) bond motifs is 10. The first-order valence-electron chi connectivity index (χ1n) is 16.1. The Bertz CT molecular complexity index is 3090. The van der Waals surface area contributed by atoms with Crippen LogP contribution in [0, 0.1) is 22.7 Å². The summed E-state index contributed by atoms with van der Waals surface area (Å²) in [5, 5.41) is 25.7. The number of nitrogens with zero attached hydrogens (tertiary/aromatic N) is 4. The number of benzene rings is 7. The van der Waals surface area contributed by atoms with Crippen molar-refractivity contribution in [1.29, 1.82) is 10.5 Å². The first kappa shape index (κ1) is 27.1. The molecular weight excluding hydrogens is 601 g/mol. The van der Waals surface area contributed by atoms with Gasteiger partial charge in [-0.1, -0.05) is 84.9 Å². The van der Waals surface area contributed by atoms with Crippen LogP contribution >= 0.6 is 0 Å². The molecule has 10 rings (SSSR count). The second-order valence-corrected chi connectivity index (χ2v) is 12.3. The Morgan fingerprint density at radius 3 is 1.73 bits per heavy atom.